The number of phenols is 1. The molecule has 6 rings (SSSR count). The molecule has 0 spiro atoms. The number of aromatic hydroxyl groups is 1. The van der Waals surface area contributed by atoms with Crippen LogP contribution in [0.25, 0.3) is 5.57 Å². The van der Waals surface area contributed by atoms with Crippen LogP contribution < -0.4 is 4.74 Å². The summed E-state index contributed by atoms with van der Waals surface area (Å²) < 4.78 is 17.1. The number of hydrogen-bond donors (Lipinski definition) is 3. The molecule has 6 unspecified atom stereocenters. The maximum Gasteiger partial charge on any atom is 0.331 e. The lowest BCUT2D eigenvalue weighted by atomic mass is 9.78. The van der Waals surface area contributed by atoms with Crippen molar-refractivity contribution >= 4 is 28.9 Å². The van der Waals surface area contributed by atoms with E-state index in [0.717, 1.165) is 6.42 Å². The third-order valence-electron chi connectivity index (χ3n) is 8.53. The van der Waals surface area contributed by atoms with Gasteiger partial charge >= 0.3 is 5.97 Å². The Morgan fingerprint density at radius 1 is 1.07 bits per heavy atom. The first kappa shape index (κ1) is 28.1. The Hall–Kier alpha value is -4.06. The molecule has 3 heterocycles. The Morgan fingerprint density at radius 2 is 1.81 bits per heavy atom. The van der Waals surface area contributed by atoms with Crippen LogP contribution >= 0.6 is 0 Å². The molecule has 2 aromatic rings. The predicted molar refractivity (Wildman–Crippen MR) is 145 cm³/mol. The summed E-state index contributed by atoms with van der Waals surface area (Å²) in [5.74, 6) is -2.71. The number of benzene rings is 2. The Bertz CT molecular complexity index is 1580. The van der Waals surface area contributed by atoms with E-state index in [1.807, 2.05) is 13.8 Å². The first-order valence-corrected chi connectivity index (χ1v) is 14.0. The molecule has 220 valence electrons. The van der Waals surface area contributed by atoms with E-state index in [-0.39, 0.29) is 45.4 Å². The van der Waals surface area contributed by atoms with Crippen LogP contribution in [-0.2, 0) is 19.1 Å². The lowest BCUT2D eigenvalue weighted by molar-refractivity contribution is -0.222. The average molecular weight is 578 g/mol. The number of hydrogen-bond acceptors (Lipinski definition) is 11. The molecule has 11 nitrogen and oxygen atoms in total. The van der Waals surface area contributed by atoms with Crippen LogP contribution in [0.15, 0.2) is 36.0 Å². The summed E-state index contributed by atoms with van der Waals surface area (Å²) in [6.45, 7) is 7.13. The van der Waals surface area contributed by atoms with Crippen molar-refractivity contribution in [1.82, 2.24) is 4.90 Å². The zero-order valence-electron chi connectivity index (χ0n) is 23.5. The molecule has 2 aromatic carbocycles. The van der Waals surface area contributed by atoms with E-state index in [9.17, 15) is 34.5 Å². The van der Waals surface area contributed by atoms with E-state index in [1.54, 1.807) is 17.9 Å². The molecule has 1 aliphatic carbocycles. The smallest absolute Gasteiger partial charge is 0.331 e. The van der Waals surface area contributed by atoms with Gasteiger partial charge in [-0.1, -0.05) is 32.4 Å². The van der Waals surface area contributed by atoms with Gasteiger partial charge in [-0.3, -0.25) is 14.4 Å². The predicted octanol–water partition coefficient (Wildman–Crippen LogP) is 2.58. The Morgan fingerprint density at radius 3 is 2.52 bits per heavy atom. The van der Waals surface area contributed by atoms with Gasteiger partial charge in [0.15, 0.2) is 11.6 Å². The summed E-state index contributed by atoms with van der Waals surface area (Å²) in [4.78, 5) is 55.6. The highest BCUT2D eigenvalue weighted by molar-refractivity contribution is 6.41. The fourth-order valence-corrected chi connectivity index (χ4v) is 6.16. The first-order chi connectivity index (χ1) is 19.9. The van der Waals surface area contributed by atoms with Crippen molar-refractivity contribution < 1.29 is 48.7 Å². The number of carbonyl (C=O) groups excluding carboxylic acids is 4. The lowest BCUT2D eigenvalue weighted by Gasteiger charge is -2.39. The SMILES string of the molecule is CCC(C)C[C@H]1C(=O)OC2c3cc(C)cc(O)c3C3=C(C(=O)c4c(OC5OC(C)C(=O)C(O)C5O)cccc4C3=O)N21. The number of esters is 1. The van der Waals surface area contributed by atoms with Crippen LogP contribution in [-0.4, -0.2) is 74.2 Å². The standard InChI is InChI=1S/C31H31NO10/c1-5-12(2)10-17-30(39)42-29-16-9-13(3)11-18(33)20(16)22-23(32(17)29)26(36)21-15(25(22)35)7-6-8-19(21)41-31-28(38)27(37)24(34)14(4)40-31/h6-9,11-12,14,17,27-29,31,33,37-38H,5,10H2,1-4H3/t12?,14?,17-,27?,28?,29?,31?/m0/s1. The summed E-state index contributed by atoms with van der Waals surface area (Å²) >= 11 is 0. The fourth-order valence-electron chi connectivity index (χ4n) is 6.16. The summed E-state index contributed by atoms with van der Waals surface area (Å²) in [7, 11) is 0. The number of aliphatic hydroxyl groups is 2. The molecule has 0 aromatic heterocycles. The second kappa shape index (κ2) is 10.0. The first-order valence-electron chi connectivity index (χ1n) is 14.0. The number of aliphatic hydroxyl groups excluding tert-OH is 2. The highest BCUT2D eigenvalue weighted by Gasteiger charge is 2.54. The van der Waals surface area contributed by atoms with Crippen molar-refractivity contribution in [2.24, 2.45) is 5.92 Å². The zero-order valence-corrected chi connectivity index (χ0v) is 23.5. The number of fused-ring (bicyclic) bond motifs is 6. The molecule has 4 aliphatic rings. The average Bonchev–Trinajstić information content (AvgIpc) is 3.28. The monoisotopic (exact) mass is 577 g/mol. The van der Waals surface area contributed by atoms with E-state index in [0.29, 0.717) is 17.5 Å². The Labute approximate surface area is 241 Å². The van der Waals surface area contributed by atoms with Gasteiger partial charge < -0.3 is 34.4 Å². The molecule has 7 atom stereocenters. The minimum absolute atomic E-state index is 0.0134. The molecule has 3 N–H and O–H groups in total. The van der Waals surface area contributed by atoms with Gasteiger partial charge in [0.05, 0.1) is 11.1 Å². The normalized spacial score (nSPS) is 29.0. The molecule has 2 fully saturated rings. The topological polar surface area (TPSA) is 160 Å². The third-order valence-corrected chi connectivity index (χ3v) is 8.53. The van der Waals surface area contributed by atoms with Crippen LogP contribution in [0.4, 0.5) is 0 Å². The second-order valence-electron chi connectivity index (χ2n) is 11.4. The van der Waals surface area contributed by atoms with Crippen LogP contribution in [0.3, 0.4) is 0 Å². The van der Waals surface area contributed by atoms with Gasteiger partial charge in [-0.25, -0.2) is 4.79 Å². The van der Waals surface area contributed by atoms with Crippen molar-refractivity contribution in [3.8, 4) is 11.5 Å². The number of Topliss-reactive ketones (excluding diaryl/α,β-unsaturated/α-hetero) is 3. The number of nitrogens with zero attached hydrogens (tertiary/aromatic N) is 1. The van der Waals surface area contributed by atoms with E-state index >= 15 is 0 Å². The molecular weight excluding hydrogens is 546 g/mol. The van der Waals surface area contributed by atoms with Crippen molar-refractivity contribution in [2.75, 3.05) is 0 Å². The molecule has 3 aliphatic heterocycles. The zero-order chi connectivity index (χ0) is 30.2. The van der Waals surface area contributed by atoms with Crippen molar-refractivity contribution in [1.29, 1.82) is 0 Å². The lowest BCUT2D eigenvalue weighted by Crippen LogP contribution is -2.56. The van der Waals surface area contributed by atoms with E-state index in [2.05, 4.69) is 0 Å². The van der Waals surface area contributed by atoms with Crippen LogP contribution in [0.5, 0.6) is 11.5 Å². The van der Waals surface area contributed by atoms with Crippen molar-refractivity contribution in [3.63, 3.8) is 0 Å². The molecule has 42 heavy (non-hydrogen) atoms. The summed E-state index contributed by atoms with van der Waals surface area (Å²) in [5, 5.41) is 31.7. The number of ether oxygens (including phenoxy) is 3. The van der Waals surface area contributed by atoms with Crippen LogP contribution in [0.2, 0.25) is 0 Å². The largest absolute Gasteiger partial charge is 0.507 e. The van der Waals surface area contributed by atoms with Gasteiger partial charge in [0.25, 0.3) is 0 Å². The van der Waals surface area contributed by atoms with E-state index in [1.165, 1.54) is 31.2 Å². The van der Waals surface area contributed by atoms with Gasteiger partial charge in [-0.15, -0.1) is 0 Å². The molecule has 2 saturated heterocycles. The summed E-state index contributed by atoms with van der Waals surface area (Å²) in [6.07, 6.45) is -6.01. The van der Waals surface area contributed by atoms with Gasteiger partial charge in [-0.05, 0) is 49.9 Å². The quantitative estimate of drug-likeness (QED) is 0.448. The number of phenolic OH excluding ortho intramolecular Hbond substituents is 1. The molecule has 0 radical (unpaired) electrons. The molecule has 0 bridgehead atoms. The molecule has 0 amide bonds. The van der Waals surface area contributed by atoms with Crippen molar-refractivity contribution in [2.45, 2.75) is 77.4 Å². The van der Waals surface area contributed by atoms with Gasteiger partial charge in [0.2, 0.25) is 18.3 Å². The fraction of sp³-hybridized carbons (Fsp3) is 0.419. The van der Waals surface area contributed by atoms with Gasteiger partial charge in [0, 0.05) is 16.7 Å². The maximum absolute atomic E-state index is 14.5. The minimum atomic E-state index is -1.76. The van der Waals surface area contributed by atoms with Crippen molar-refractivity contribution in [3.05, 3.63) is 63.8 Å². The van der Waals surface area contributed by atoms with E-state index in [4.69, 9.17) is 14.2 Å². The second-order valence-corrected chi connectivity index (χ2v) is 11.4. The van der Waals surface area contributed by atoms with Crippen LogP contribution in [0, 0.1) is 12.8 Å². The van der Waals surface area contributed by atoms with Gasteiger partial charge in [0.1, 0.15) is 41.5 Å². The van der Waals surface area contributed by atoms with Crippen LogP contribution in [0.1, 0.15) is 77.2 Å². The molecule has 11 heteroatoms. The Balaban J connectivity index is 1.51. The number of aryl methyl sites for hydroxylation is 1. The number of ketones is 3. The maximum atomic E-state index is 14.5. The van der Waals surface area contributed by atoms with Gasteiger partial charge in [-0.2, -0.15) is 0 Å². The highest BCUT2D eigenvalue weighted by atomic mass is 16.7. The number of allylic oxidation sites excluding steroid dienone is 2. The number of carbonyl (C=O) groups is 4. The highest BCUT2D eigenvalue weighted by Crippen LogP contribution is 2.52. The number of rotatable bonds is 5. The summed E-state index contributed by atoms with van der Waals surface area (Å²) in [5.41, 5.74) is 0.952. The van der Waals surface area contributed by atoms with E-state index < -0.39 is 60.2 Å². The minimum Gasteiger partial charge on any atom is -0.507 e. The third kappa shape index (κ3) is 4.06. The Kier molecular flexibility index (Phi) is 6.71. The summed E-state index contributed by atoms with van der Waals surface area (Å²) in [6, 6.07) is 6.71. The molecular formula is C31H31NO10. The molecule has 0 saturated carbocycles.